The molecule has 1 aromatic heterocycles. The van der Waals surface area contributed by atoms with Crippen molar-refractivity contribution in [1.29, 1.82) is 5.26 Å². The molecule has 0 unspecified atom stereocenters. The van der Waals surface area contributed by atoms with Crippen LogP contribution in [0.15, 0.2) is 36.7 Å². The van der Waals surface area contributed by atoms with Gasteiger partial charge in [0.15, 0.2) is 17.3 Å². The van der Waals surface area contributed by atoms with Gasteiger partial charge in [-0.2, -0.15) is 5.26 Å². The van der Waals surface area contributed by atoms with E-state index in [4.69, 9.17) is 14.7 Å². The Bertz CT molecular complexity index is 1110. The molecule has 31 heavy (non-hydrogen) atoms. The number of anilines is 2. The molecule has 0 saturated carbocycles. The monoisotopic (exact) mass is 421 g/mol. The van der Waals surface area contributed by atoms with Gasteiger partial charge in [0.2, 0.25) is 0 Å². The highest BCUT2D eigenvalue weighted by Gasteiger charge is 2.15. The molecule has 3 aromatic rings. The predicted octanol–water partition coefficient (Wildman–Crippen LogP) is 4.26. The maximum Gasteiger partial charge on any atom is 0.164 e. The first-order chi connectivity index (χ1) is 15.2. The summed E-state index contributed by atoms with van der Waals surface area (Å²) in [6, 6.07) is 10.0. The van der Waals surface area contributed by atoms with Gasteiger partial charge >= 0.3 is 0 Å². The van der Waals surface area contributed by atoms with E-state index in [1.807, 2.05) is 6.07 Å². The van der Waals surface area contributed by atoms with Crippen molar-refractivity contribution in [3.63, 3.8) is 0 Å². The van der Waals surface area contributed by atoms with Gasteiger partial charge in [-0.1, -0.05) is 6.07 Å². The number of fused-ring (bicyclic) bond motifs is 1. The van der Waals surface area contributed by atoms with E-state index in [-0.39, 0.29) is 11.3 Å². The molecule has 0 spiro atoms. The summed E-state index contributed by atoms with van der Waals surface area (Å²) in [7, 11) is 1.57. The van der Waals surface area contributed by atoms with Gasteiger partial charge in [-0.05, 0) is 50.6 Å². The average Bonchev–Trinajstić information content (AvgIpc) is 3.31. The van der Waals surface area contributed by atoms with E-state index in [0.29, 0.717) is 34.8 Å². The Labute approximate surface area is 180 Å². The number of nitrogens with zero attached hydrogens (tertiary/aromatic N) is 4. The number of hydrogen-bond acceptors (Lipinski definition) is 7. The summed E-state index contributed by atoms with van der Waals surface area (Å²) in [6.07, 6.45) is 4.90. The number of benzene rings is 2. The highest BCUT2D eigenvalue weighted by molar-refractivity contribution is 5.93. The van der Waals surface area contributed by atoms with Gasteiger partial charge in [-0.3, -0.25) is 0 Å². The highest BCUT2D eigenvalue weighted by Crippen LogP contribution is 2.35. The zero-order valence-electron chi connectivity index (χ0n) is 17.4. The van der Waals surface area contributed by atoms with Gasteiger partial charge < -0.3 is 19.7 Å². The third-order valence-corrected chi connectivity index (χ3v) is 5.37. The molecule has 0 bridgehead atoms. The maximum atomic E-state index is 14.5. The van der Waals surface area contributed by atoms with Crippen LogP contribution in [0, 0.1) is 17.1 Å². The van der Waals surface area contributed by atoms with Crippen molar-refractivity contribution < 1.29 is 13.9 Å². The molecule has 1 aliphatic heterocycles. The Hall–Kier alpha value is -3.44. The van der Waals surface area contributed by atoms with Gasteiger partial charge in [0.1, 0.15) is 18.2 Å². The molecule has 7 nitrogen and oxygen atoms in total. The first-order valence-corrected chi connectivity index (χ1v) is 10.3. The number of nitrogens with one attached hydrogen (secondary N) is 1. The molecule has 2 heterocycles. The van der Waals surface area contributed by atoms with Gasteiger partial charge in [-0.15, -0.1) is 0 Å². The van der Waals surface area contributed by atoms with E-state index < -0.39 is 5.82 Å². The number of methoxy groups -OCH3 is 1. The third-order valence-electron chi connectivity index (χ3n) is 5.37. The second kappa shape index (κ2) is 9.58. The fourth-order valence-corrected chi connectivity index (χ4v) is 3.75. The van der Waals surface area contributed by atoms with Crippen LogP contribution in [0.2, 0.25) is 0 Å². The van der Waals surface area contributed by atoms with E-state index in [0.717, 1.165) is 13.0 Å². The van der Waals surface area contributed by atoms with Crippen molar-refractivity contribution in [3.05, 3.63) is 48.0 Å². The summed E-state index contributed by atoms with van der Waals surface area (Å²) >= 11 is 0. The summed E-state index contributed by atoms with van der Waals surface area (Å²) in [5.41, 5.74) is 0.774. The average molecular weight is 421 g/mol. The van der Waals surface area contributed by atoms with Crippen LogP contribution in [0.5, 0.6) is 11.5 Å². The maximum absolute atomic E-state index is 14.5. The van der Waals surface area contributed by atoms with E-state index in [1.54, 1.807) is 31.4 Å². The van der Waals surface area contributed by atoms with Crippen LogP contribution in [-0.4, -0.2) is 48.2 Å². The summed E-state index contributed by atoms with van der Waals surface area (Å²) in [4.78, 5) is 11.0. The molecule has 4 rings (SSSR count). The van der Waals surface area contributed by atoms with Crippen LogP contribution >= 0.6 is 0 Å². The summed E-state index contributed by atoms with van der Waals surface area (Å²) in [6.45, 7) is 3.95. The van der Waals surface area contributed by atoms with E-state index >= 15 is 0 Å². The molecular formula is C23H24FN5O2. The predicted molar refractivity (Wildman–Crippen MR) is 116 cm³/mol. The van der Waals surface area contributed by atoms with Crippen molar-refractivity contribution in [3.8, 4) is 17.6 Å². The zero-order chi connectivity index (χ0) is 21.6. The molecule has 160 valence electrons. The number of nitriles is 1. The summed E-state index contributed by atoms with van der Waals surface area (Å²) in [5, 5.41) is 12.7. The van der Waals surface area contributed by atoms with E-state index in [1.165, 1.54) is 38.3 Å². The Morgan fingerprint density at radius 1 is 1.19 bits per heavy atom. The molecule has 2 aromatic carbocycles. The molecule has 8 heteroatoms. The van der Waals surface area contributed by atoms with Crippen molar-refractivity contribution >= 4 is 22.4 Å². The molecule has 0 radical (unpaired) electrons. The van der Waals surface area contributed by atoms with Crippen LogP contribution in [-0.2, 0) is 0 Å². The van der Waals surface area contributed by atoms with Gasteiger partial charge in [-0.25, -0.2) is 14.4 Å². The van der Waals surface area contributed by atoms with Crippen LogP contribution < -0.4 is 14.8 Å². The minimum atomic E-state index is -0.623. The van der Waals surface area contributed by atoms with Crippen LogP contribution in [0.4, 0.5) is 15.9 Å². The fraction of sp³-hybridized carbons (Fsp3) is 0.348. The topological polar surface area (TPSA) is 83.3 Å². The van der Waals surface area contributed by atoms with E-state index in [9.17, 15) is 4.39 Å². The molecule has 1 aliphatic rings. The SMILES string of the molecule is COc1cc2c(Nc3cccc(C#N)c3F)ncnc2cc1OCCCN1CCCC1. The molecule has 0 atom stereocenters. The number of likely N-dealkylation sites (tertiary alicyclic amines) is 1. The molecule has 1 fully saturated rings. The first-order valence-electron chi connectivity index (χ1n) is 10.3. The van der Waals surface area contributed by atoms with Crippen LogP contribution in [0.1, 0.15) is 24.8 Å². The summed E-state index contributed by atoms with van der Waals surface area (Å²) < 4.78 is 26.0. The molecule has 0 aliphatic carbocycles. The van der Waals surface area contributed by atoms with E-state index in [2.05, 4.69) is 20.2 Å². The molecular weight excluding hydrogens is 397 g/mol. The summed E-state index contributed by atoms with van der Waals surface area (Å²) in [5.74, 6) is 0.955. The Morgan fingerprint density at radius 2 is 2.03 bits per heavy atom. The van der Waals surface area contributed by atoms with Crippen LogP contribution in [0.3, 0.4) is 0 Å². The normalized spacial score (nSPS) is 13.8. The van der Waals surface area contributed by atoms with Crippen molar-refractivity contribution in [1.82, 2.24) is 14.9 Å². The quantitative estimate of drug-likeness (QED) is 0.544. The van der Waals surface area contributed by atoms with Gasteiger partial charge in [0, 0.05) is 18.0 Å². The third kappa shape index (κ3) is 4.67. The Kier molecular flexibility index (Phi) is 6.43. The number of ether oxygens (including phenoxy) is 2. The smallest absolute Gasteiger partial charge is 0.164 e. The lowest BCUT2D eigenvalue weighted by Crippen LogP contribution is -2.21. The van der Waals surface area contributed by atoms with Crippen molar-refractivity contribution in [2.45, 2.75) is 19.3 Å². The van der Waals surface area contributed by atoms with Gasteiger partial charge in [0.25, 0.3) is 0 Å². The lowest BCUT2D eigenvalue weighted by atomic mass is 10.1. The minimum absolute atomic E-state index is 0.0365. The standard InChI is InChI=1S/C23H24FN5O2/c1-30-20-12-17-19(13-21(20)31-11-5-10-29-8-2-3-9-29)26-15-27-23(17)28-18-7-4-6-16(14-25)22(18)24/h4,6-7,12-13,15H,2-3,5,8-11H2,1H3,(H,26,27,28). The Morgan fingerprint density at radius 3 is 2.81 bits per heavy atom. The van der Waals surface area contributed by atoms with Crippen molar-refractivity contribution in [2.24, 2.45) is 0 Å². The lowest BCUT2D eigenvalue weighted by molar-refractivity contribution is 0.254. The number of aromatic nitrogens is 2. The Balaban J connectivity index is 1.54. The number of rotatable bonds is 8. The van der Waals surface area contributed by atoms with Crippen LogP contribution in [0.25, 0.3) is 10.9 Å². The number of halogens is 1. The second-order valence-corrected chi connectivity index (χ2v) is 7.40. The zero-order valence-corrected chi connectivity index (χ0v) is 17.4. The molecule has 1 N–H and O–H groups in total. The van der Waals surface area contributed by atoms with Gasteiger partial charge in [0.05, 0.1) is 30.5 Å². The molecule has 0 amide bonds. The number of hydrogen-bond donors (Lipinski definition) is 1. The van der Waals surface area contributed by atoms with Crippen molar-refractivity contribution in [2.75, 3.05) is 38.7 Å². The highest BCUT2D eigenvalue weighted by atomic mass is 19.1. The lowest BCUT2D eigenvalue weighted by Gasteiger charge is -2.16. The minimum Gasteiger partial charge on any atom is -0.493 e. The molecule has 1 saturated heterocycles. The second-order valence-electron chi connectivity index (χ2n) is 7.40. The fourth-order valence-electron chi connectivity index (χ4n) is 3.75. The largest absolute Gasteiger partial charge is 0.493 e. The first kappa shape index (κ1) is 20.8.